The highest BCUT2D eigenvalue weighted by Crippen LogP contribution is 2.18. The van der Waals surface area contributed by atoms with Gasteiger partial charge in [-0.05, 0) is 12.8 Å². The summed E-state index contributed by atoms with van der Waals surface area (Å²) >= 11 is 0. The van der Waals surface area contributed by atoms with Gasteiger partial charge in [0.05, 0.1) is 18.6 Å². The lowest BCUT2D eigenvalue weighted by Gasteiger charge is -2.01. The van der Waals surface area contributed by atoms with Crippen molar-refractivity contribution in [1.29, 1.82) is 0 Å². The quantitative estimate of drug-likeness (QED) is 0.514. The number of rotatable bonds is 3. The highest BCUT2D eigenvalue weighted by molar-refractivity contribution is 6.57. The van der Waals surface area contributed by atoms with Gasteiger partial charge in [0.15, 0.2) is 0 Å². The van der Waals surface area contributed by atoms with Crippen LogP contribution in [0.3, 0.4) is 0 Å². The zero-order valence-corrected chi connectivity index (χ0v) is 7.49. The Morgan fingerprint density at radius 1 is 1.12 bits per heavy atom. The molecule has 0 aliphatic heterocycles. The van der Waals surface area contributed by atoms with Gasteiger partial charge in [-0.25, -0.2) is 0 Å². The van der Waals surface area contributed by atoms with E-state index in [-0.39, 0.29) is 8.80 Å². The molecule has 0 saturated heterocycles. The minimum absolute atomic E-state index is 0.0252. The van der Waals surface area contributed by atoms with Crippen LogP contribution in [0.1, 0.15) is 26.7 Å². The van der Waals surface area contributed by atoms with E-state index in [1.165, 1.54) is 12.8 Å². The van der Waals surface area contributed by atoms with E-state index >= 15 is 0 Å². The van der Waals surface area contributed by atoms with E-state index in [1.54, 1.807) is 0 Å². The summed E-state index contributed by atoms with van der Waals surface area (Å²) < 4.78 is 0. The first-order chi connectivity index (χ1) is 3.72. The van der Waals surface area contributed by atoms with Crippen LogP contribution in [0.25, 0.3) is 0 Å². The van der Waals surface area contributed by atoms with E-state index in [0.29, 0.717) is 0 Å². The van der Waals surface area contributed by atoms with Crippen molar-refractivity contribution < 1.29 is 0 Å². The van der Waals surface area contributed by atoms with Gasteiger partial charge in [0.1, 0.15) is 0 Å². The zero-order valence-electron chi connectivity index (χ0n) is 6.49. The third-order valence-corrected chi connectivity index (χ3v) is 4.25. The second-order valence-corrected chi connectivity index (χ2v) is 5.56. The molecule has 0 atom stereocenters. The van der Waals surface area contributed by atoms with E-state index in [1.807, 2.05) is 0 Å². The molecule has 0 unspecified atom stereocenters. The van der Waals surface area contributed by atoms with Crippen LogP contribution in [-0.2, 0) is 0 Å². The predicted octanol–water partition coefficient (Wildman–Crippen LogP) is 2.93. The summed E-state index contributed by atoms with van der Waals surface area (Å²) in [4.78, 5) is 0. The fraction of sp³-hybridized carbons (Fsp3) is 1.00. The van der Waals surface area contributed by atoms with Crippen LogP contribution in [0.5, 0.6) is 0 Å². The van der Waals surface area contributed by atoms with Gasteiger partial charge in [-0.15, -0.1) is 0 Å². The molecule has 0 nitrogen and oxygen atoms in total. The Bertz CT molecular complexity index is 46.3. The van der Waals surface area contributed by atoms with Crippen molar-refractivity contribution in [2.45, 2.75) is 45.3 Å². The van der Waals surface area contributed by atoms with Gasteiger partial charge in [-0.3, -0.25) is 0 Å². The molecule has 0 aromatic carbocycles. The van der Waals surface area contributed by atoms with Crippen molar-refractivity contribution in [1.82, 2.24) is 0 Å². The molecule has 0 saturated carbocycles. The summed E-state index contributed by atoms with van der Waals surface area (Å²) in [6.45, 7) is 9.41. The van der Waals surface area contributed by atoms with Crippen LogP contribution in [0, 0.1) is 0 Å². The third-order valence-electron chi connectivity index (χ3n) is 1.80. The van der Waals surface area contributed by atoms with Gasteiger partial charge < -0.3 is 0 Å². The van der Waals surface area contributed by atoms with Crippen LogP contribution < -0.4 is 0 Å². The molecule has 48 valence electrons. The number of hydrogen-bond donors (Lipinski definition) is 0. The van der Waals surface area contributed by atoms with Crippen LogP contribution in [-0.4, -0.2) is 8.80 Å². The Hall–Kier alpha value is 0.217. The van der Waals surface area contributed by atoms with Gasteiger partial charge in [0.25, 0.3) is 0 Å². The fourth-order valence-electron chi connectivity index (χ4n) is 1.11. The second kappa shape index (κ2) is 4.13. The van der Waals surface area contributed by atoms with Gasteiger partial charge >= 0.3 is 8.80 Å². The Balaban J connectivity index is 3.35. The molecule has 0 aromatic heterocycles. The second-order valence-electron chi connectivity index (χ2n) is 2.59. The van der Waals surface area contributed by atoms with Crippen molar-refractivity contribution in [3.63, 3.8) is 0 Å². The SMILES string of the molecule is CCC(CC)[Si+](C)C. The molecular weight excluding hydrogens is 112 g/mol. The van der Waals surface area contributed by atoms with Crippen molar-refractivity contribution in [3.05, 3.63) is 0 Å². The largest absolute Gasteiger partial charge is 0.311 e. The van der Waals surface area contributed by atoms with Crippen LogP contribution in [0.15, 0.2) is 0 Å². The molecule has 0 bridgehead atoms. The standard InChI is InChI=1S/C7H17Si/c1-5-7(6-2)8(3)4/h7H,5-6H2,1-4H3/q+1. The molecule has 0 radical (unpaired) electrons. The predicted molar refractivity (Wildman–Crippen MR) is 41.8 cm³/mol. The van der Waals surface area contributed by atoms with Crippen molar-refractivity contribution in [3.8, 4) is 0 Å². The molecule has 0 N–H and O–H groups in total. The first kappa shape index (κ1) is 8.22. The summed E-state index contributed by atoms with van der Waals surface area (Å²) in [7, 11) is 0.0252. The smallest absolute Gasteiger partial charge is 0.0625 e. The van der Waals surface area contributed by atoms with Crippen molar-refractivity contribution in [2.75, 3.05) is 0 Å². The fourth-order valence-corrected chi connectivity index (χ4v) is 2.74. The third kappa shape index (κ3) is 2.51. The summed E-state index contributed by atoms with van der Waals surface area (Å²) in [5.74, 6) is 0. The molecule has 0 aromatic rings. The molecule has 0 amide bonds. The van der Waals surface area contributed by atoms with Gasteiger partial charge in [0, 0.05) is 0 Å². The van der Waals surface area contributed by atoms with Crippen molar-refractivity contribution in [2.24, 2.45) is 0 Å². The average molecular weight is 129 g/mol. The Morgan fingerprint density at radius 3 is 1.50 bits per heavy atom. The molecule has 0 aliphatic carbocycles. The Kier molecular flexibility index (Phi) is 4.24. The lowest BCUT2D eigenvalue weighted by molar-refractivity contribution is 0.751. The first-order valence-corrected chi connectivity index (χ1v) is 6.10. The summed E-state index contributed by atoms with van der Waals surface area (Å²) in [5.41, 5.74) is 1.06. The lowest BCUT2D eigenvalue weighted by atomic mass is 10.3. The van der Waals surface area contributed by atoms with E-state index in [4.69, 9.17) is 0 Å². The molecule has 0 rings (SSSR count). The molecule has 0 aliphatic rings. The van der Waals surface area contributed by atoms with Gasteiger partial charge in [0.2, 0.25) is 0 Å². The van der Waals surface area contributed by atoms with Crippen LogP contribution in [0.4, 0.5) is 0 Å². The number of hydrogen-bond acceptors (Lipinski definition) is 0. The maximum atomic E-state index is 2.41. The first-order valence-electron chi connectivity index (χ1n) is 3.52. The monoisotopic (exact) mass is 129 g/mol. The molecule has 1 heteroatoms. The maximum Gasteiger partial charge on any atom is 0.311 e. The minimum Gasteiger partial charge on any atom is -0.0625 e. The summed E-state index contributed by atoms with van der Waals surface area (Å²) in [6, 6.07) is 0. The zero-order chi connectivity index (χ0) is 6.57. The average Bonchev–Trinajstić information content (AvgIpc) is 1.69. The normalized spacial score (nSPS) is 10.1. The van der Waals surface area contributed by atoms with Crippen molar-refractivity contribution >= 4 is 8.80 Å². The van der Waals surface area contributed by atoms with E-state index in [9.17, 15) is 0 Å². The lowest BCUT2D eigenvalue weighted by Crippen LogP contribution is -2.09. The topological polar surface area (TPSA) is 0 Å². The summed E-state index contributed by atoms with van der Waals surface area (Å²) in [6.07, 6.45) is 2.77. The van der Waals surface area contributed by atoms with E-state index < -0.39 is 0 Å². The Labute approximate surface area is 54.9 Å². The van der Waals surface area contributed by atoms with E-state index in [2.05, 4.69) is 26.9 Å². The highest BCUT2D eigenvalue weighted by atomic mass is 28.3. The Morgan fingerprint density at radius 2 is 1.50 bits per heavy atom. The molecule has 8 heavy (non-hydrogen) atoms. The molecule has 0 spiro atoms. The van der Waals surface area contributed by atoms with Crippen LogP contribution in [0.2, 0.25) is 18.6 Å². The minimum atomic E-state index is 0.0252. The molecule has 0 heterocycles. The summed E-state index contributed by atoms with van der Waals surface area (Å²) in [5, 5.41) is 0. The van der Waals surface area contributed by atoms with Crippen LogP contribution >= 0.6 is 0 Å². The van der Waals surface area contributed by atoms with Gasteiger partial charge in [-0.2, -0.15) is 0 Å². The van der Waals surface area contributed by atoms with E-state index in [0.717, 1.165) is 5.54 Å². The van der Waals surface area contributed by atoms with Gasteiger partial charge in [-0.1, -0.05) is 13.8 Å². The highest BCUT2D eigenvalue weighted by Gasteiger charge is 2.22. The maximum absolute atomic E-state index is 2.41. The molecule has 0 fully saturated rings. The molecular formula is C7H17Si+.